The normalized spacial score (nSPS) is 11.6. The largest absolute Gasteiger partial charge is 0.493 e. The number of rotatable bonds is 9. The standard InChI is InChI=1S/C19H24N2O3/c1-14(8-9-15-6-4-3-5-7-15)21-16-10-11-17(23-2)18(12-16)24-13-19(20)22/h3-7,10-12,14,21H,8-9,13H2,1-2H3,(H2,20,22)/t14-/m0/s1. The summed E-state index contributed by atoms with van der Waals surface area (Å²) in [6.45, 7) is 1.96. The molecule has 5 nitrogen and oxygen atoms in total. The van der Waals surface area contributed by atoms with Gasteiger partial charge in [-0.05, 0) is 37.5 Å². The third kappa shape index (κ3) is 5.50. The number of carbonyl (C=O) groups is 1. The van der Waals surface area contributed by atoms with Gasteiger partial charge >= 0.3 is 0 Å². The molecule has 0 aromatic heterocycles. The summed E-state index contributed by atoms with van der Waals surface area (Å²) in [4.78, 5) is 10.9. The van der Waals surface area contributed by atoms with Crippen LogP contribution >= 0.6 is 0 Å². The van der Waals surface area contributed by atoms with Gasteiger partial charge in [-0.1, -0.05) is 30.3 Å². The SMILES string of the molecule is COc1ccc(N[C@@H](C)CCc2ccccc2)cc1OCC(N)=O. The van der Waals surface area contributed by atoms with Crippen molar-refractivity contribution < 1.29 is 14.3 Å². The molecule has 128 valence electrons. The number of primary amides is 1. The number of ether oxygens (including phenoxy) is 2. The Kier molecular flexibility index (Phi) is 6.49. The zero-order chi connectivity index (χ0) is 17.4. The molecule has 1 amide bonds. The van der Waals surface area contributed by atoms with E-state index in [1.54, 1.807) is 7.11 Å². The summed E-state index contributed by atoms with van der Waals surface area (Å²) in [6, 6.07) is 16.3. The van der Waals surface area contributed by atoms with Crippen molar-refractivity contribution in [3.8, 4) is 11.5 Å². The van der Waals surface area contributed by atoms with Crippen LogP contribution in [0.25, 0.3) is 0 Å². The number of carbonyl (C=O) groups excluding carboxylic acids is 1. The molecule has 2 aromatic carbocycles. The highest BCUT2D eigenvalue weighted by Gasteiger charge is 2.09. The molecular formula is C19H24N2O3. The van der Waals surface area contributed by atoms with Gasteiger partial charge in [0.25, 0.3) is 5.91 Å². The summed E-state index contributed by atoms with van der Waals surface area (Å²) < 4.78 is 10.6. The van der Waals surface area contributed by atoms with Crippen LogP contribution in [0.5, 0.6) is 11.5 Å². The van der Waals surface area contributed by atoms with Gasteiger partial charge in [0.2, 0.25) is 0 Å². The smallest absolute Gasteiger partial charge is 0.255 e. The van der Waals surface area contributed by atoms with E-state index in [9.17, 15) is 4.79 Å². The molecule has 0 radical (unpaired) electrons. The number of amides is 1. The van der Waals surface area contributed by atoms with Crippen LogP contribution in [0.4, 0.5) is 5.69 Å². The number of nitrogens with one attached hydrogen (secondary N) is 1. The van der Waals surface area contributed by atoms with Crippen LogP contribution < -0.4 is 20.5 Å². The van der Waals surface area contributed by atoms with Gasteiger partial charge in [-0.15, -0.1) is 0 Å². The number of aryl methyl sites for hydroxylation is 1. The fraction of sp³-hybridized carbons (Fsp3) is 0.316. The van der Waals surface area contributed by atoms with E-state index in [0.29, 0.717) is 17.5 Å². The Morgan fingerprint density at radius 1 is 1.17 bits per heavy atom. The predicted molar refractivity (Wildman–Crippen MR) is 95.5 cm³/mol. The van der Waals surface area contributed by atoms with Crippen molar-refractivity contribution in [1.82, 2.24) is 0 Å². The van der Waals surface area contributed by atoms with Gasteiger partial charge in [-0.2, -0.15) is 0 Å². The van der Waals surface area contributed by atoms with E-state index in [0.717, 1.165) is 18.5 Å². The van der Waals surface area contributed by atoms with Crippen molar-refractivity contribution >= 4 is 11.6 Å². The first kappa shape index (κ1) is 17.7. The van der Waals surface area contributed by atoms with E-state index in [1.807, 2.05) is 24.3 Å². The number of benzene rings is 2. The average molecular weight is 328 g/mol. The molecule has 0 aliphatic rings. The molecule has 0 fully saturated rings. The maximum Gasteiger partial charge on any atom is 0.255 e. The molecule has 0 unspecified atom stereocenters. The minimum atomic E-state index is -0.522. The van der Waals surface area contributed by atoms with E-state index in [2.05, 4.69) is 36.5 Å². The quantitative estimate of drug-likeness (QED) is 0.742. The molecular weight excluding hydrogens is 304 g/mol. The lowest BCUT2D eigenvalue weighted by atomic mass is 10.1. The highest BCUT2D eigenvalue weighted by atomic mass is 16.5. The van der Waals surface area contributed by atoms with E-state index in [-0.39, 0.29) is 6.61 Å². The highest BCUT2D eigenvalue weighted by molar-refractivity contribution is 5.75. The molecule has 5 heteroatoms. The molecule has 0 saturated carbocycles. The Bertz CT molecular complexity index is 659. The minimum absolute atomic E-state index is 0.177. The maximum absolute atomic E-state index is 10.9. The van der Waals surface area contributed by atoms with Gasteiger partial charge in [-0.25, -0.2) is 0 Å². The second-order valence-electron chi connectivity index (χ2n) is 5.69. The molecule has 0 saturated heterocycles. The Labute approximate surface area is 142 Å². The molecule has 2 aromatic rings. The van der Waals surface area contributed by atoms with Crippen LogP contribution in [0.1, 0.15) is 18.9 Å². The number of anilines is 1. The van der Waals surface area contributed by atoms with E-state index in [4.69, 9.17) is 15.2 Å². The van der Waals surface area contributed by atoms with Crippen LogP contribution in [0, 0.1) is 0 Å². The van der Waals surface area contributed by atoms with E-state index >= 15 is 0 Å². The lowest BCUT2D eigenvalue weighted by molar-refractivity contribution is -0.119. The van der Waals surface area contributed by atoms with Gasteiger partial charge in [0.1, 0.15) is 0 Å². The number of methoxy groups -OCH3 is 1. The number of nitrogens with two attached hydrogens (primary N) is 1. The zero-order valence-corrected chi connectivity index (χ0v) is 14.1. The van der Waals surface area contributed by atoms with Crippen LogP contribution in [0.15, 0.2) is 48.5 Å². The molecule has 0 aliphatic carbocycles. The first-order valence-electron chi connectivity index (χ1n) is 7.98. The van der Waals surface area contributed by atoms with E-state index < -0.39 is 5.91 Å². The van der Waals surface area contributed by atoms with Crippen LogP contribution in [-0.2, 0) is 11.2 Å². The summed E-state index contributed by atoms with van der Waals surface area (Å²) in [5, 5.41) is 3.44. The lowest BCUT2D eigenvalue weighted by Gasteiger charge is -2.17. The van der Waals surface area contributed by atoms with Crippen molar-refractivity contribution in [2.75, 3.05) is 19.0 Å². The molecule has 0 heterocycles. The maximum atomic E-state index is 10.9. The predicted octanol–water partition coefficient (Wildman–Crippen LogP) is 2.99. The summed E-state index contributed by atoms with van der Waals surface area (Å²) in [7, 11) is 1.56. The second kappa shape index (κ2) is 8.82. The Morgan fingerprint density at radius 2 is 1.92 bits per heavy atom. The molecule has 3 N–H and O–H groups in total. The summed E-state index contributed by atoms with van der Waals surface area (Å²) in [5.74, 6) is 0.543. The Balaban J connectivity index is 1.95. The van der Waals surface area contributed by atoms with E-state index in [1.165, 1.54) is 5.56 Å². The highest BCUT2D eigenvalue weighted by Crippen LogP contribution is 2.30. The second-order valence-corrected chi connectivity index (χ2v) is 5.69. The van der Waals surface area contributed by atoms with Crippen molar-refractivity contribution in [3.63, 3.8) is 0 Å². The fourth-order valence-corrected chi connectivity index (χ4v) is 2.41. The molecule has 0 aliphatic heterocycles. The zero-order valence-electron chi connectivity index (χ0n) is 14.1. The summed E-state index contributed by atoms with van der Waals surface area (Å²) in [6.07, 6.45) is 2.02. The average Bonchev–Trinajstić information content (AvgIpc) is 2.59. The van der Waals surface area contributed by atoms with Crippen LogP contribution in [0.3, 0.4) is 0 Å². The molecule has 1 atom stereocenters. The van der Waals surface area contributed by atoms with Crippen LogP contribution in [0.2, 0.25) is 0 Å². The molecule has 2 rings (SSSR count). The van der Waals surface area contributed by atoms with Gasteiger partial charge in [0.15, 0.2) is 18.1 Å². The van der Waals surface area contributed by atoms with Gasteiger partial charge in [0.05, 0.1) is 7.11 Å². The summed E-state index contributed by atoms with van der Waals surface area (Å²) >= 11 is 0. The fourth-order valence-electron chi connectivity index (χ4n) is 2.41. The van der Waals surface area contributed by atoms with Crippen molar-refractivity contribution in [3.05, 3.63) is 54.1 Å². The Hall–Kier alpha value is -2.69. The first-order chi connectivity index (χ1) is 11.6. The topological polar surface area (TPSA) is 73.6 Å². The third-order valence-corrected chi connectivity index (χ3v) is 3.66. The Morgan fingerprint density at radius 3 is 2.58 bits per heavy atom. The van der Waals surface area contributed by atoms with Crippen molar-refractivity contribution in [1.29, 1.82) is 0 Å². The lowest BCUT2D eigenvalue weighted by Crippen LogP contribution is -2.20. The van der Waals surface area contributed by atoms with Crippen LogP contribution in [-0.4, -0.2) is 25.7 Å². The van der Waals surface area contributed by atoms with Gasteiger partial charge in [-0.3, -0.25) is 4.79 Å². The monoisotopic (exact) mass is 328 g/mol. The van der Waals surface area contributed by atoms with Crippen molar-refractivity contribution in [2.45, 2.75) is 25.8 Å². The first-order valence-corrected chi connectivity index (χ1v) is 7.98. The third-order valence-electron chi connectivity index (χ3n) is 3.66. The van der Waals surface area contributed by atoms with Gasteiger partial charge < -0.3 is 20.5 Å². The number of hydrogen-bond acceptors (Lipinski definition) is 4. The number of hydrogen-bond donors (Lipinski definition) is 2. The molecule has 0 spiro atoms. The van der Waals surface area contributed by atoms with Gasteiger partial charge in [0, 0.05) is 17.8 Å². The minimum Gasteiger partial charge on any atom is -0.493 e. The van der Waals surface area contributed by atoms with Crippen molar-refractivity contribution in [2.24, 2.45) is 5.73 Å². The summed E-state index contributed by atoms with van der Waals surface area (Å²) in [5.41, 5.74) is 7.36. The molecule has 24 heavy (non-hydrogen) atoms. The molecule has 0 bridgehead atoms.